The fraction of sp³-hybridized carbons (Fsp3) is 0.278. The van der Waals surface area contributed by atoms with Crippen LogP contribution in [-0.2, 0) is 18.1 Å². The Bertz CT molecular complexity index is 1020. The molecule has 0 saturated heterocycles. The highest BCUT2D eigenvalue weighted by Crippen LogP contribution is 2.19. The number of amides is 1. The summed E-state index contributed by atoms with van der Waals surface area (Å²) in [4.78, 5) is 22.5. The van der Waals surface area contributed by atoms with E-state index in [0.717, 1.165) is 23.1 Å². The van der Waals surface area contributed by atoms with Gasteiger partial charge in [-0.2, -0.15) is 10.2 Å². The van der Waals surface area contributed by atoms with Gasteiger partial charge in [0, 0.05) is 0 Å². The number of nitrogens with zero attached hydrogens (tertiary/aromatic N) is 5. The lowest BCUT2D eigenvalue weighted by atomic mass is 10.1. The number of carbonyl (C=O) groups is 1. The Morgan fingerprint density at radius 1 is 1.25 bits per heavy atom. The zero-order valence-corrected chi connectivity index (χ0v) is 15.7. The van der Waals surface area contributed by atoms with Crippen LogP contribution in [0.1, 0.15) is 16.8 Å². The van der Waals surface area contributed by atoms with Gasteiger partial charge in [0.15, 0.2) is 6.73 Å². The predicted octanol–water partition coefficient (Wildman–Crippen LogP) is 2.59. The zero-order chi connectivity index (χ0) is 20.3. The number of hydrogen-bond donors (Lipinski definition) is 1. The van der Waals surface area contributed by atoms with Crippen molar-refractivity contribution in [3.05, 3.63) is 63.7 Å². The first kappa shape index (κ1) is 19.1. The fourth-order valence-electron chi connectivity index (χ4n) is 2.71. The summed E-state index contributed by atoms with van der Waals surface area (Å²) in [5, 5.41) is 21.6. The van der Waals surface area contributed by atoms with Gasteiger partial charge in [0.25, 0.3) is 0 Å². The fourth-order valence-corrected chi connectivity index (χ4v) is 2.71. The molecule has 0 spiro atoms. The topological polar surface area (TPSA) is 117 Å². The molecule has 10 nitrogen and oxygen atoms in total. The van der Waals surface area contributed by atoms with Gasteiger partial charge in [0.2, 0.25) is 5.91 Å². The Morgan fingerprint density at radius 2 is 2.04 bits per heavy atom. The molecule has 28 heavy (non-hydrogen) atoms. The molecule has 1 N–H and O–H groups in total. The standard InChI is InChI=1S/C18H20N6O4/c1-12-4-5-17(13(2)6-12)28-11-22-9-15(7-19-22)21-18(25)10-23-14(3)16(8-20-23)24(26)27/h4-9H,10-11H2,1-3H3,(H,21,25). The van der Waals surface area contributed by atoms with Gasteiger partial charge < -0.3 is 10.1 Å². The molecule has 0 fully saturated rings. The highest BCUT2D eigenvalue weighted by molar-refractivity contribution is 5.90. The molecule has 0 aliphatic rings. The molecule has 3 rings (SSSR count). The lowest BCUT2D eigenvalue weighted by molar-refractivity contribution is -0.385. The van der Waals surface area contributed by atoms with E-state index in [4.69, 9.17) is 4.74 Å². The van der Waals surface area contributed by atoms with Gasteiger partial charge in [-0.15, -0.1) is 0 Å². The van der Waals surface area contributed by atoms with Crippen molar-refractivity contribution in [2.24, 2.45) is 0 Å². The molecule has 10 heteroatoms. The second-order valence-corrected chi connectivity index (χ2v) is 6.39. The zero-order valence-electron chi connectivity index (χ0n) is 15.7. The summed E-state index contributed by atoms with van der Waals surface area (Å²) in [6, 6.07) is 5.91. The number of ether oxygens (including phenoxy) is 1. The van der Waals surface area contributed by atoms with Crippen molar-refractivity contribution in [3.63, 3.8) is 0 Å². The molecule has 146 valence electrons. The van der Waals surface area contributed by atoms with Crippen molar-refractivity contribution in [1.29, 1.82) is 0 Å². The highest BCUT2D eigenvalue weighted by atomic mass is 16.6. The number of benzene rings is 1. The Balaban J connectivity index is 1.56. The van der Waals surface area contributed by atoms with Crippen molar-refractivity contribution in [2.75, 3.05) is 5.32 Å². The molecule has 2 heterocycles. The molecular formula is C18H20N6O4. The minimum atomic E-state index is -0.531. The molecule has 0 aliphatic heterocycles. The van der Waals surface area contributed by atoms with E-state index >= 15 is 0 Å². The van der Waals surface area contributed by atoms with E-state index in [1.807, 2.05) is 32.0 Å². The quantitative estimate of drug-likeness (QED) is 0.494. The molecule has 0 bridgehead atoms. The van der Waals surface area contributed by atoms with E-state index in [1.54, 1.807) is 17.8 Å². The normalized spacial score (nSPS) is 10.7. The summed E-state index contributed by atoms with van der Waals surface area (Å²) in [5.41, 5.74) is 2.88. The Labute approximate surface area is 160 Å². The van der Waals surface area contributed by atoms with Gasteiger partial charge in [-0.25, -0.2) is 4.68 Å². The average Bonchev–Trinajstić information content (AvgIpc) is 3.21. The van der Waals surface area contributed by atoms with E-state index in [0.29, 0.717) is 11.4 Å². The Morgan fingerprint density at radius 3 is 2.71 bits per heavy atom. The first-order valence-corrected chi connectivity index (χ1v) is 8.52. The van der Waals surface area contributed by atoms with Gasteiger partial charge >= 0.3 is 5.69 Å². The smallest absolute Gasteiger partial charge is 0.309 e. The SMILES string of the molecule is Cc1ccc(OCn2cc(NC(=O)Cn3ncc([N+](=O)[O-])c3C)cn2)c(C)c1. The molecule has 3 aromatic rings. The summed E-state index contributed by atoms with van der Waals surface area (Å²) >= 11 is 0. The second-order valence-electron chi connectivity index (χ2n) is 6.39. The van der Waals surface area contributed by atoms with Gasteiger partial charge in [-0.3, -0.25) is 19.6 Å². The third-order valence-corrected chi connectivity index (χ3v) is 4.17. The minimum Gasteiger partial charge on any atom is -0.471 e. The molecule has 0 aliphatic carbocycles. The van der Waals surface area contributed by atoms with Crippen LogP contribution in [0.25, 0.3) is 0 Å². The van der Waals surface area contributed by atoms with Crippen LogP contribution in [0.2, 0.25) is 0 Å². The van der Waals surface area contributed by atoms with Crippen LogP contribution in [0, 0.1) is 30.9 Å². The monoisotopic (exact) mass is 384 g/mol. The predicted molar refractivity (Wildman–Crippen MR) is 101 cm³/mol. The number of nitrogens with one attached hydrogen (secondary N) is 1. The number of nitro groups is 1. The highest BCUT2D eigenvalue weighted by Gasteiger charge is 2.18. The minimum absolute atomic E-state index is 0.121. The molecule has 0 atom stereocenters. The summed E-state index contributed by atoms with van der Waals surface area (Å²) in [6.07, 6.45) is 4.27. The van der Waals surface area contributed by atoms with Crippen molar-refractivity contribution < 1.29 is 14.5 Å². The summed E-state index contributed by atoms with van der Waals surface area (Å²) < 4.78 is 8.58. The van der Waals surface area contributed by atoms with Gasteiger partial charge in [0.1, 0.15) is 24.2 Å². The Kier molecular flexibility index (Phi) is 5.39. The molecule has 2 aromatic heterocycles. The van der Waals surface area contributed by atoms with E-state index < -0.39 is 4.92 Å². The maximum Gasteiger partial charge on any atom is 0.309 e. The lowest BCUT2D eigenvalue weighted by Crippen LogP contribution is -2.20. The molecule has 1 amide bonds. The third-order valence-electron chi connectivity index (χ3n) is 4.17. The Hall–Kier alpha value is -3.69. The van der Waals surface area contributed by atoms with Crippen LogP contribution < -0.4 is 10.1 Å². The number of carbonyl (C=O) groups excluding carboxylic acids is 1. The first-order valence-electron chi connectivity index (χ1n) is 8.52. The number of aryl methyl sites for hydroxylation is 2. The van der Waals surface area contributed by atoms with Gasteiger partial charge in [-0.1, -0.05) is 17.7 Å². The van der Waals surface area contributed by atoms with E-state index in [2.05, 4.69) is 15.5 Å². The van der Waals surface area contributed by atoms with Crippen LogP contribution in [0.4, 0.5) is 11.4 Å². The number of hydrogen-bond acceptors (Lipinski definition) is 6. The number of anilines is 1. The molecule has 0 unspecified atom stereocenters. The van der Waals surface area contributed by atoms with Crippen LogP contribution in [-0.4, -0.2) is 30.4 Å². The van der Waals surface area contributed by atoms with Gasteiger partial charge in [0.05, 0.1) is 23.0 Å². The van der Waals surface area contributed by atoms with Crippen LogP contribution in [0.15, 0.2) is 36.8 Å². The summed E-state index contributed by atoms with van der Waals surface area (Å²) in [7, 11) is 0. The van der Waals surface area contributed by atoms with Crippen molar-refractivity contribution in [3.8, 4) is 5.75 Å². The third kappa shape index (κ3) is 4.34. The summed E-state index contributed by atoms with van der Waals surface area (Å²) in [6.45, 7) is 5.59. The van der Waals surface area contributed by atoms with E-state index in [1.165, 1.54) is 10.9 Å². The van der Waals surface area contributed by atoms with Crippen molar-refractivity contribution in [1.82, 2.24) is 19.6 Å². The largest absolute Gasteiger partial charge is 0.471 e. The number of rotatable bonds is 7. The average molecular weight is 384 g/mol. The van der Waals surface area contributed by atoms with Crippen LogP contribution in [0.3, 0.4) is 0 Å². The van der Waals surface area contributed by atoms with E-state index in [-0.39, 0.29) is 24.9 Å². The van der Waals surface area contributed by atoms with Crippen LogP contribution in [0.5, 0.6) is 5.75 Å². The molecule has 0 radical (unpaired) electrons. The molecule has 1 aromatic carbocycles. The summed E-state index contributed by atoms with van der Waals surface area (Å²) in [5.74, 6) is 0.401. The van der Waals surface area contributed by atoms with Crippen molar-refractivity contribution in [2.45, 2.75) is 34.0 Å². The maximum atomic E-state index is 12.2. The first-order chi connectivity index (χ1) is 13.3. The van der Waals surface area contributed by atoms with Crippen LogP contribution >= 0.6 is 0 Å². The second kappa shape index (κ2) is 7.91. The lowest BCUT2D eigenvalue weighted by Gasteiger charge is -2.09. The van der Waals surface area contributed by atoms with Crippen molar-refractivity contribution >= 4 is 17.3 Å². The number of aromatic nitrogens is 4. The van der Waals surface area contributed by atoms with Gasteiger partial charge in [-0.05, 0) is 32.4 Å². The molecular weight excluding hydrogens is 364 g/mol. The van der Waals surface area contributed by atoms with E-state index in [9.17, 15) is 14.9 Å². The molecule has 0 saturated carbocycles. The maximum absolute atomic E-state index is 12.2.